The van der Waals surface area contributed by atoms with Crippen LogP contribution in [0.1, 0.15) is 36.4 Å². The van der Waals surface area contributed by atoms with Crippen LogP contribution in [-0.2, 0) is 68.4 Å². The summed E-state index contributed by atoms with van der Waals surface area (Å²) in [7, 11) is 3.48. The van der Waals surface area contributed by atoms with Crippen molar-refractivity contribution in [2.24, 2.45) is 14.1 Å². The first-order chi connectivity index (χ1) is 30.7. The first-order valence-corrected chi connectivity index (χ1v) is 20.3. The molecular weight excluding hydrogens is 837 g/mol. The fraction of sp³-hybridized carbons (Fsp3) is 0.304. The Balaban J connectivity index is 0.000000241. The number of carbonyl (C=O) groups excluding carboxylic acids is 4. The van der Waals surface area contributed by atoms with Gasteiger partial charge in [0, 0.05) is 61.4 Å². The van der Waals surface area contributed by atoms with Crippen LogP contribution in [0.25, 0.3) is 22.5 Å². The summed E-state index contributed by atoms with van der Waals surface area (Å²) in [5, 5.41) is 14.7. The molecule has 0 saturated heterocycles. The van der Waals surface area contributed by atoms with E-state index in [0.29, 0.717) is 33.9 Å². The number of Topliss-reactive ketones (excluding diaryl/α,β-unsaturated/α-hetero) is 2. The molecule has 0 aliphatic carbocycles. The van der Waals surface area contributed by atoms with Gasteiger partial charge in [-0.15, -0.1) is 0 Å². The van der Waals surface area contributed by atoms with Crippen molar-refractivity contribution < 1.29 is 46.2 Å². The van der Waals surface area contributed by atoms with Crippen LogP contribution in [0, 0.1) is 23.3 Å². The second-order valence-electron chi connectivity index (χ2n) is 14.4. The fourth-order valence-electron chi connectivity index (χ4n) is 6.52. The zero-order valence-corrected chi connectivity index (χ0v) is 35.7. The highest BCUT2D eigenvalue weighted by Crippen LogP contribution is 2.21. The van der Waals surface area contributed by atoms with E-state index in [1.54, 1.807) is 62.1 Å². The second kappa shape index (κ2) is 23.5. The van der Waals surface area contributed by atoms with Crippen LogP contribution in [0.2, 0.25) is 0 Å². The lowest BCUT2D eigenvalue weighted by Crippen LogP contribution is -2.42. The molecule has 6 aromatic rings. The molecule has 0 radical (unpaired) electrons. The number of halogens is 4. The first kappa shape index (κ1) is 48.1. The molecule has 18 heteroatoms. The van der Waals surface area contributed by atoms with Crippen LogP contribution < -0.4 is 10.6 Å². The summed E-state index contributed by atoms with van der Waals surface area (Å²) in [5.41, 5.74) is 5.36. The quantitative estimate of drug-likeness (QED) is 0.0753. The summed E-state index contributed by atoms with van der Waals surface area (Å²) in [5.74, 6) is -5.36. The highest BCUT2D eigenvalue weighted by atomic mass is 19.2. The second-order valence-corrected chi connectivity index (χ2v) is 14.4. The highest BCUT2D eigenvalue weighted by molar-refractivity contribution is 5.88. The maximum Gasteiger partial charge on any atom is 0.319 e. The fourth-order valence-corrected chi connectivity index (χ4v) is 6.52. The largest absolute Gasteiger partial charge is 0.465 e. The Labute approximate surface area is 367 Å². The van der Waals surface area contributed by atoms with E-state index in [-0.39, 0.29) is 63.6 Å². The topological polar surface area (TPSA) is 172 Å². The molecule has 2 N–H and O–H groups in total. The normalized spacial score (nSPS) is 11.9. The molecule has 336 valence electrons. The molecule has 0 spiro atoms. The number of hydrogen-bond donors (Lipinski definition) is 2. The molecular formula is C46H48F4N8O6. The molecule has 0 bridgehead atoms. The molecule has 0 aliphatic heterocycles. The zero-order chi connectivity index (χ0) is 46.2. The minimum Gasteiger partial charge on any atom is -0.465 e. The van der Waals surface area contributed by atoms with Crippen LogP contribution in [0.15, 0.2) is 97.6 Å². The number of ketones is 2. The Bertz CT molecular complexity index is 2350. The summed E-state index contributed by atoms with van der Waals surface area (Å²) >= 11 is 0. The number of aromatic nitrogens is 6. The van der Waals surface area contributed by atoms with E-state index in [1.165, 1.54) is 12.1 Å². The number of rotatable bonds is 20. The van der Waals surface area contributed by atoms with Crippen molar-refractivity contribution in [1.29, 1.82) is 0 Å². The number of pyridine rings is 2. The van der Waals surface area contributed by atoms with Gasteiger partial charge in [-0.2, -0.15) is 10.2 Å². The minimum absolute atomic E-state index is 0.0404. The predicted molar refractivity (Wildman–Crippen MR) is 227 cm³/mol. The predicted octanol–water partition coefficient (Wildman–Crippen LogP) is 5.27. The minimum atomic E-state index is -0.993. The molecule has 2 atom stereocenters. The lowest BCUT2D eigenvalue weighted by Gasteiger charge is -2.18. The summed E-state index contributed by atoms with van der Waals surface area (Å²) in [6.45, 7) is 3.45. The number of benzene rings is 2. The SMILES string of the molecule is CCOC(=O)CN[C@@H](Cc1ccc(F)c(F)c1)C(=O)Cc1cc(-c2ccncc2)nn1C.CCOC(=O)CN[C@@H](Cc1ccc(F)c(F)c1)C(=O)Cc1cc(-c2ccncc2)nn1C. The Morgan fingerprint density at radius 3 is 1.28 bits per heavy atom. The summed E-state index contributed by atoms with van der Waals surface area (Å²) in [6, 6.07) is 16.3. The number of hydrogen-bond acceptors (Lipinski definition) is 12. The number of nitrogens with zero attached hydrogens (tertiary/aromatic N) is 6. The molecule has 2 aromatic carbocycles. The summed E-state index contributed by atoms with van der Waals surface area (Å²) in [6.07, 6.45) is 6.89. The number of aryl methyl sites for hydroxylation is 2. The molecule has 0 fully saturated rings. The molecule has 64 heavy (non-hydrogen) atoms. The average Bonchev–Trinajstić information content (AvgIpc) is 3.84. The van der Waals surface area contributed by atoms with Gasteiger partial charge in [-0.3, -0.25) is 49.1 Å². The van der Waals surface area contributed by atoms with Crippen molar-refractivity contribution in [3.63, 3.8) is 0 Å². The van der Waals surface area contributed by atoms with Crippen molar-refractivity contribution in [3.8, 4) is 22.5 Å². The van der Waals surface area contributed by atoms with E-state index in [2.05, 4.69) is 30.8 Å². The zero-order valence-electron chi connectivity index (χ0n) is 35.7. The number of carbonyl (C=O) groups is 4. The van der Waals surface area contributed by atoms with Crippen molar-refractivity contribution in [2.45, 2.75) is 51.6 Å². The van der Waals surface area contributed by atoms with Crippen molar-refractivity contribution >= 4 is 23.5 Å². The van der Waals surface area contributed by atoms with Gasteiger partial charge in [0.05, 0.1) is 62.6 Å². The third kappa shape index (κ3) is 14.0. The van der Waals surface area contributed by atoms with E-state index in [1.807, 2.05) is 36.4 Å². The van der Waals surface area contributed by atoms with Gasteiger partial charge in [-0.1, -0.05) is 12.1 Å². The Kier molecular flexibility index (Phi) is 17.7. The maximum absolute atomic E-state index is 13.6. The lowest BCUT2D eigenvalue weighted by atomic mass is 9.99. The third-order valence-corrected chi connectivity index (χ3v) is 9.84. The van der Waals surface area contributed by atoms with Gasteiger partial charge in [-0.05, 0) is 98.5 Å². The smallest absolute Gasteiger partial charge is 0.319 e. The maximum atomic E-state index is 13.6. The van der Waals surface area contributed by atoms with Gasteiger partial charge in [0.15, 0.2) is 34.8 Å². The number of ether oxygens (including phenoxy) is 2. The van der Waals surface area contributed by atoms with E-state index in [4.69, 9.17) is 9.47 Å². The van der Waals surface area contributed by atoms with Gasteiger partial charge in [0.25, 0.3) is 0 Å². The molecule has 0 unspecified atom stereocenters. The molecule has 4 heterocycles. The monoisotopic (exact) mass is 884 g/mol. The molecule has 0 saturated carbocycles. The van der Waals surface area contributed by atoms with Crippen molar-refractivity contribution in [3.05, 3.63) is 143 Å². The molecule has 0 aliphatic rings. The average molecular weight is 885 g/mol. The van der Waals surface area contributed by atoms with E-state index >= 15 is 0 Å². The van der Waals surface area contributed by atoms with Gasteiger partial charge >= 0.3 is 11.9 Å². The number of esters is 2. The molecule has 0 amide bonds. The standard InChI is InChI=1S/2C23H24F2N4O3/c2*1-3-32-23(31)14-27-21(11-15-4-5-18(24)19(25)10-15)22(30)13-17-12-20(28-29(17)2)16-6-8-26-9-7-16/h2*4-10,12,21,27H,3,11,13-14H2,1-2H3/t2*21-/m00/s1. The molecule has 6 rings (SSSR count). The molecule has 4 aromatic heterocycles. The Morgan fingerprint density at radius 2 is 0.938 bits per heavy atom. The lowest BCUT2D eigenvalue weighted by molar-refractivity contribution is -0.143. The highest BCUT2D eigenvalue weighted by Gasteiger charge is 2.24. The van der Waals surface area contributed by atoms with Gasteiger partial charge in [0.1, 0.15) is 0 Å². The van der Waals surface area contributed by atoms with E-state index in [9.17, 15) is 36.7 Å². The van der Waals surface area contributed by atoms with Crippen molar-refractivity contribution in [2.75, 3.05) is 26.3 Å². The van der Waals surface area contributed by atoms with Gasteiger partial charge in [0.2, 0.25) is 0 Å². The van der Waals surface area contributed by atoms with E-state index < -0.39 is 47.3 Å². The van der Waals surface area contributed by atoms with Crippen LogP contribution in [0.4, 0.5) is 17.6 Å². The summed E-state index contributed by atoms with van der Waals surface area (Å²) < 4.78 is 66.9. The first-order valence-electron chi connectivity index (χ1n) is 20.3. The van der Waals surface area contributed by atoms with Gasteiger partial charge in [-0.25, -0.2) is 17.6 Å². The Hall–Kier alpha value is -6.92. The van der Waals surface area contributed by atoms with Crippen LogP contribution in [0.3, 0.4) is 0 Å². The van der Waals surface area contributed by atoms with Crippen LogP contribution >= 0.6 is 0 Å². The molecule has 14 nitrogen and oxygen atoms in total. The van der Waals surface area contributed by atoms with Crippen LogP contribution in [0.5, 0.6) is 0 Å². The van der Waals surface area contributed by atoms with Crippen LogP contribution in [-0.4, -0.2) is 91.4 Å². The Morgan fingerprint density at radius 1 is 0.562 bits per heavy atom. The van der Waals surface area contributed by atoms with E-state index in [0.717, 1.165) is 35.4 Å². The van der Waals surface area contributed by atoms with Crippen molar-refractivity contribution in [1.82, 2.24) is 40.2 Å². The summed E-state index contributed by atoms with van der Waals surface area (Å²) in [4.78, 5) is 57.7. The van der Waals surface area contributed by atoms with Gasteiger partial charge < -0.3 is 9.47 Å². The third-order valence-electron chi connectivity index (χ3n) is 9.84. The number of nitrogens with one attached hydrogen (secondary N) is 2.